The first kappa shape index (κ1) is 10.1. The lowest BCUT2D eigenvalue weighted by Crippen LogP contribution is -2.17. The van der Waals surface area contributed by atoms with Gasteiger partial charge in [0.15, 0.2) is 12.0 Å². The van der Waals surface area contributed by atoms with E-state index in [1.54, 1.807) is 0 Å². The highest BCUT2D eigenvalue weighted by Gasteiger charge is 2.07. The fourth-order valence-electron chi connectivity index (χ4n) is 1.57. The summed E-state index contributed by atoms with van der Waals surface area (Å²) in [7, 11) is 1.92. The van der Waals surface area contributed by atoms with Gasteiger partial charge in [0.25, 0.3) is 0 Å². The molecule has 15 heavy (non-hydrogen) atoms. The summed E-state index contributed by atoms with van der Waals surface area (Å²) in [5, 5.41) is 3.08. The molecule has 0 aliphatic heterocycles. The van der Waals surface area contributed by atoms with E-state index in [1.807, 2.05) is 25.2 Å². The molecule has 1 unspecified atom stereocenters. The Bertz CT molecular complexity index is 438. The standard InChI is InChI=1S/C11H15N3O/c1-13-5-4-9(12)8-2-3-10-11(6-8)15-7-14-10/h2-3,6-7,9,13H,4-5,12H2,1H3. The predicted octanol–water partition coefficient (Wildman–Crippen LogP) is 1.44. The quantitative estimate of drug-likeness (QED) is 0.792. The van der Waals surface area contributed by atoms with Gasteiger partial charge in [-0.2, -0.15) is 0 Å². The molecule has 80 valence electrons. The molecule has 0 spiro atoms. The summed E-state index contributed by atoms with van der Waals surface area (Å²) in [4.78, 5) is 4.06. The van der Waals surface area contributed by atoms with Gasteiger partial charge >= 0.3 is 0 Å². The zero-order chi connectivity index (χ0) is 10.7. The van der Waals surface area contributed by atoms with E-state index < -0.39 is 0 Å². The third-order valence-corrected chi connectivity index (χ3v) is 2.49. The molecule has 0 radical (unpaired) electrons. The first-order chi connectivity index (χ1) is 7.31. The average Bonchev–Trinajstić information content (AvgIpc) is 2.72. The van der Waals surface area contributed by atoms with Gasteiger partial charge in [-0.05, 0) is 37.7 Å². The van der Waals surface area contributed by atoms with Gasteiger partial charge in [-0.15, -0.1) is 0 Å². The molecule has 1 atom stereocenters. The molecular weight excluding hydrogens is 190 g/mol. The van der Waals surface area contributed by atoms with Gasteiger partial charge in [0.05, 0.1) is 0 Å². The monoisotopic (exact) mass is 205 g/mol. The highest BCUT2D eigenvalue weighted by atomic mass is 16.3. The van der Waals surface area contributed by atoms with Crippen molar-refractivity contribution in [1.82, 2.24) is 10.3 Å². The lowest BCUT2D eigenvalue weighted by Gasteiger charge is -2.10. The number of hydrogen-bond donors (Lipinski definition) is 2. The number of nitrogens with zero attached hydrogens (tertiary/aromatic N) is 1. The van der Waals surface area contributed by atoms with E-state index in [1.165, 1.54) is 6.39 Å². The Hall–Kier alpha value is -1.39. The van der Waals surface area contributed by atoms with Crippen LogP contribution in [0, 0.1) is 0 Å². The van der Waals surface area contributed by atoms with Crippen LogP contribution < -0.4 is 11.1 Å². The zero-order valence-corrected chi connectivity index (χ0v) is 8.73. The molecule has 2 aromatic rings. The van der Waals surface area contributed by atoms with Crippen molar-refractivity contribution < 1.29 is 4.42 Å². The van der Waals surface area contributed by atoms with E-state index in [0.717, 1.165) is 29.6 Å². The number of hydrogen-bond acceptors (Lipinski definition) is 4. The Morgan fingerprint density at radius 3 is 3.20 bits per heavy atom. The van der Waals surface area contributed by atoms with Crippen LogP contribution in [0.1, 0.15) is 18.0 Å². The molecule has 0 fully saturated rings. The van der Waals surface area contributed by atoms with Crippen molar-refractivity contribution in [2.75, 3.05) is 13.6 Å². The second-order valence-electron chi connectivity index (χ2n) is 3.58. The SMILES string of the molecule is CNCCC(N)c1ccc2ncoc2c1. The van der Waals surface area contributed by atoms with E-state index >= 15 is 0 Å². The summed E-state index contributed by atoms with van der Waals surface area (Å²) >= 11 is 0. The molecule has 4 nitrogen and oxygen atoms in total. The summed E-state index contributed by atoms with van der Waals surface area (Å²) in [6, 6.07) is 5.95. The Labute approximate surface area is 88.5 Å². The van der Waals surface area contributed by atoms with Crippen LogP contribution in [-0.4, -0.2) is 18.6 Å². The molecule has 0 saturated heterocycles. The average molecular weight is 205 g/mol. The van der Waals surface area contributed by atoms with Crippen molar-refractivity contribution in [3.63, 3.8) is 0 Å². The topological polar surface area (TPSA) is 64.1 Å². The maximum absolute atomic E-state index is 6.04. The van der Waals surface area contributed by atoms with Gasteiger partial charge < -0.3 is 15.5 Å². The van der Waals surface area contributed by atoms with Crippen LogP contribution in [0.25, 0.3) is 11.1 Å². The van der Waals surface area contributed by atoms with Crippen LogP contribution in [0.5, 0.6) is 0 Å². The highest BCUT2D eigenvalue weighted by Crippen LogP contribution is 2.19. The lowest BCUT2D eigenvalue weighted by atomic mass is 10.0. The second-order valence-corrected chi connectivity index (χ2v) is 3.58. The summed E-state index contributed by atoms with van der Waals surface area (Å²) in [5.74, 6) is 0. The maximum atomic E-state index is 6.04. The number of oxazole rings is 1. The Balaban J connectivity index is 2.19. The number of fused-ring (bicyclic) bond motifs is 1. The Kier molecular flexibility index (Phi) is 2.99. The fourth-order valence-corrected chi connectivity index (χ4v) is 1.57. The van der Waals surface area contributed by atoms with Gasteiger partial charge in [0, 0.05) is 6.04 Å². The summed E-state index contributed by atoms with van der Waals surface area (Å²) in [5.41, 5.74) is 8.80. The van der Waals surface area contributed by atoms with Gasteiger partial charge in [-0.3, -0.25) is 0 Å². The Morgan fingerprint density at radius 2 is 2.40 bits per heavy atom. The van der Waals surface area contributed by atoms with Crippen LogP contribution in [-0.2, 0) is 0 Å². The fraction of sp³-hybridized carbons (Fsp3) is 0.364. The van der Waals surface area contributed by atoms with Crippen LogP contribution in [0.15, 0.2) is 29.0 Å². The summed E-state index contributed by atoms with van der Waals surface area (Å²) in [6.45, 7) is 0.912. The number of nitrogens with two attached hydrogens (primary N) is 1. The minimum Gasteiger partial charge on any atom is -0.443 e. The first-order valence-corrected chi connectivity index (χ1v) is 5.04. The van der Waals surface area contributed by atoms with E-state index in [4.69, 9.17) is 10.2 Å². The van der Waals surface area contributed by atoms with E-state index in [0.29, 0.717) is 0 Å². The van der Waals surface area contributed by atoms with Gasteiger partial charge in [-0.1, -0.05) is 6.07 Å². The van der Waals surface area contributed by atoms with Crippen LogP contribution >= 0.6 is 0 Å². The molecule has 1 aromatic carbocycles. The van der Waals surface area contributed by atoms with E-state index in [9.17, 15) is 0 Å². The molecule has 0 aliphatic rings. The molecule has 2 rings (SSSR count). The third kappa shape index (κ3) is 2.16. The van der Waals surface area contributed by atoms with Gasteiger partial charge in [0.1, 0.15) is 5.52 Å². The first-order valence-electron chi connectivity index (χ1n) is 5.04. The zero-order valence-electron chi connectivity index (χ0n) is 8.73. The predicted molar refractivity (Wildman–Crippen MR) is 59.5 cm³/mol. The summed E-state index contributed by atoms with van der Waals surface area (Å²) < 4.78 is 5.23. The largest absolute Gasteiger partial charge is 0.443 e. The molecule has 0 saturated carbocycles. The van der Waals surface area contributed by atoms with Crippen molar-refractivity contribution in [1.29, 1.82) is 0 Å². The molecule has 1 aromatic heterocycles. The molecule has 3 N–H and O–H groups in total. The number of nitrogens with one attached hydrogen (secondary N) is 1. The van der Waals surface area contributed by atoms with Crippen molar-refractivity contribution in [3.8, 4) is 0 Å². The molecule has 0 aliphatic carbocycles. The number of benzene rings is 1. The highest BCUT2D eigenvalue weighted by molar-refractivity contribution is 5.72. The molecule has 4 heteroatoms. The lowest BCUT2D eigenvalue weighted by molar-refractivity contribution is 0.595. The molecule has 0 bridgehead atoms. The van der Waals surface area contributed by atoms with Crippen molar-refractivity contribution in [2.24, 2.45) is 5.73 Å². The minimum absolute atomic E-state index is 0.0481. The normalized spacial score (nSPS) is 13.2. The molecular formula is C11H15N3O. The second kappa shape index (κ2) is 4.42. The smallest absolute Gasteiger partial charge is 0.181 e. The molecule has 1 heterocycles. The van der Waals surface area contributed by atoms with Gasteiger partial charge in [0.2, 0.25) is 0 Å². The van der Waals surface area contributed by atoms with E-state index in [-0.39, 0.29) is 6.04 Å². The third-order valence-electron chi connectivity index (χ3n) is 2.49. The summed E-state index contributed by atoms with van der Waals surface area (Å²) in [6.07, 6.45) is 2.36. The van der Waals surface area contributed by atoms with Crippen LogP contribution in [0.3, 0.4) is 0 Å². The molecule has 0 amide bonds. The van der Waals surface area contributed by atoms with Crippen molar-refractivity contribution in [3.05, 3.63) is 30.2 Å². The van der Waals surface area contributed by atoms with Crippen LogP contribution in [0.4, 0.5) is 0 Å². The van der Waals surface area contributed by atoms with Crippen molar-refractivity contribution >= 4 is 11.1 Å². The van der Waals surface area contributed by atoms with Crippen LogP contribution in [0.2, 0.25) is 0 Å². The van der Waals surface area contributed by atoms with Gasteiger partial charge in [-0.25, -0.2) is 4.98 Å². The maximum Gasteiger partial charge on any atom is 0.181 e. The number of aromatic nitrogens is 1. The van der Waals surface area contributed by atoms with E-state index in [2.05, 4.69) is 10.3 Å². The Morgan fingerprint density at radius 1 is 1.53 bits per heavy atom. The number of rotatable bonds is 4. The van der Waals surface area contributed by atoms with Crippen molar-refractivity contribution in [2.45, 2.75) is 12.5 Å². The minimum atomic E-state index is 0.0481.